The van der Waals surface area contributed by atoms with Gasteiger partial charge in [-0.15, -0.1) is 0 Å². The molecule has 134 valence electrons. The average Bonchev–Trinajstić information content (AvgIpc) is 3.16. The molecule has 3 aromatic rings. The highest BCUT2D eigenvalue weighted by molar-refractivity contribution is 5.68. The van der Waals surface area contributed by atoms with Gasteiger partial charge in [0.2, 0.25) is 0 Å². The minimum atomic E-state index is -0.133. The van der Waals surface area contributed by atoms with Gasteiger partial charge in [0.05, 0.1) is 18.6 Å². The van der Waals surface area contributed by atoms with E-state index in [9.17, 15) is 0 Å². The van der Waals surface area contributed by atoms with E-state index < -0.39 is 0 Å². The molecule has 3 rings (SSSR count). The van der Waals surface area contributed by atoms with Crippen LogP contribution in [0.15, 0.2) is 85.1 Å². The molecule has 0 aliphatic heterocycles. The molecule has 0 aliphatic rings. The maximum absolute atomic E-state index is 6.38. The Balaban J connectivity index is 1.96. The van der Waals surface area contributed by atoms with Crippen molar-refractivity contribution in [2.24, 2.45) is 5.41 Å². The van der Waals surface area contributed by atoms with E-state index >= 15 is 0 Å². The van der Waals surface area contributed by atoms with Gasteiger partial charge in [0.15, 0.2) is 0 Å². The van der Waals surface area contributed by atoms with Crippen LogP contribution in [0.25, 0.3) is 5.70 Å². The molecule has 0 N–H and O–H groups in total. The van der Waals surface area contributed by atoms with Crippen molar-refractivity contribution in [1.29, 1.82) is 0 Å². The topological polar surface area (TPSA) is 27.1 Å². The summed E-state index contributed by atoms with van der Waals surface area (Å²) in [7, 11) is 0. The second kappa shape index (κ2) is 8.05. The summed E-state index contributed by atoms with van der Waals surface area (Å²) in [5, 5.41) is 0. The molecule has 0 atom stereocenters. The number of nitrogens with zero attached hydrogens (tertiary/aromatic N) is 2. The van der Waals surface area contributed by atoms with E-state index in [1.165, 1.54) is 5.56 Å². The van der Waals surface area contributed by atoms with Crippen molar-refractivity contribution in [3.63, 3.8) is 0 Å². The summed E-state index contributed by atoms with van der Waals surface area (Å²) in [6.45, 7) is 7.20. The third-order valence-electron chi connectivity index (χ3n) is 4.19. The first-order valence-corrected chi connectivity index (χ1v) is 9.01. The number of aromatic nitrogens is 2. The fourth-order valence-corrected chi connectivity index (χ4v) is 2.94. The number of allylic oxidation sites excluding steroid dienone is 1. The molecule has 0 bridgehead atoms. The number of hydrogen-bond donors (Lipinski definition) is 0. The predicted molar refractivity (Wildman–Crippen MR) is 107 cm³/mol. The smallest absolute Gasteiger partial charge is 0.126 e. The molecular formula is C23H26N2O. The molecule has 0 saturated heterocycles. The van der Waals surface area contributed by atoms with Gasteiger partial charge in [0.1, 0.15) is 5.76 Å². The third-order valence-corrected chi connectivity index (χ3v) is 4.19. The Labute approximate surface area is 156 Å². The Morgan fingerprint density at radius 1 is 0.962 bits per heavy atom. The number of ether oxygens (including phenoxy) is 1. The fraction of sp³-hybridized carbons (Fsp3) is 0.261. The van der Waals surface area contributed by atoms with Crippen LogP contribution >= 0.6 is 0 Å². The first-order chi connectivity index (χ1) is 12.6. The Morgan fingerprint density at radius 2 is 1.62 bits per heavy atom. The van der Waals surface area contributed by atoms with Gasteiger partial charge in [-0.25, -0.2) is 4.98 Å². The maximum Gasteiger partial charge on any atom is 0.126 e. The van der Waals surface area contributed by atoms with Crippen LogP contribution in [-0.2, 0) is 11.2 Å². The summed E-state index contributed by atoms with van der Waals surface area (Å²) in [5.41, 5.74) is 3.31. The van der Waals surface area contributed by atoms with Crippen molar-refractivity contribution in [3.8, 4) is 0 Å². The van der Waals surface area contributed by atoms with Crippen LogP contribution in [-0.4, -0.2) is 16.2 Å². The van der Waals surface area contributed by atoms with Crippen LogP contribution in [0.3, 0.4) is 0 Å². The molecule has 0 unspecified atom stereocenters. The van der Waals surface area contributed by atoms with E-state index in [0.717, 1.165) is 23.4 Å². The lowest BCUT2D eigenvalue weighted by molar-refractivity contribution is 0.155. The molecule has 2 aromatic carbocycles. The van der Waals surface area contributed by atoms with E-state index in [0.29, 0.717) is 6.61 Å². The molecule has 3 heteroatoms. The number of hydrogen-bond acceptors (Lipinski definition) is 2. The van der Waals surface area contributed by atoms with Crippen molar-refractivity contribution in [2.75, 3.05) is 6.61 Å². The van der Waals surface area contributed by atoms with Crippen molar-refractivity contribution >= 4 is 5.70 Å². The summed E-state index contributed by atoms with van der Waals surface area (Å²) in [6, 6.07) is 20.8. The van der Waals surface area contributed by atoms with Gasteiger partial charge in [0.25, 0.3) is 0 Å². The van der Waals surface area contributed by atoms with Crippen LogP contribution in [0.5, 0.6) is 0 Å². The minimum Gasteiger partial charge on any atom is -0.495 e. The zero-order chi connectivity index (χ0) is 18.4. The van der Waals surface area contributed by atoms with Crippen molar-refractivity contribution in [2.45, 2.75) is 27.2 Å². The lowest BCUT2D eigenvalue weighted by Gasteiger charge is -2.27. The Bertz CT molecular complexity index is 829. The first-order valence-electron chi connectivity index (χ1n) is 9.01. The number of rotatable bonds is 6. The van der Waals surface area contributed by atoms with E-state index in [2.05, 4.69) is 74.3 Å². The van der Waals surface area contributed by atoms with Gasteiger partial charge in [-0.1, -0.05) is 81.4 Å². The van der Waals surface area contributed by atoms with Crippen LogP contribution in [0, 0.1) is 5.41 Å². The van der Waals surface area contributed by atoms with Crippen LogP contribution in [0.4, 0.5) is 0 Å². The molecule has 0 fully saturated rings. The van der Waals surface area contributed by atoms with Crippen molar-refractivity contribution in [3.05, 3.63) is 96.3 Å². The second-order valence-electron chi connectivity index (χ2n) is 7.35. The molecule has 0 amide bonds. The molecule has 1 heterocycles. The quantitative estimate of drug-likeness (QED) is 0.558. The average molecular weight is 346 g/mol. The monoisotopic (exact) mass is 346 g/mol. The lowest BCUT2D eigenvalue weighted by atomic mass is 9.90. The van der Waals surface area contributed by atoms with E-state index in [4.69, 9.17) is 4.74 Å². The minimum absolute atomic E-state index is 0.133. The van der Waals surface area contributed by atoms with Gasteiger partial charge < -0.3 is 9.30 Å². The number of imidazole rings is 1. The number of benzene rings is 2. The normalized spacial score (nSPS) is 12.6. The van der Waals surface area contributed by atoms with Crippen LogP contribution < -0.4 is 0 Å². The summed E-state index contributed by atoms with van der Waals surface area (Å²) in [6.07, 6.45) is 6.48. The fourth-order valence-electron chi connectivity index (χ4n) is 2.94. The molecular weight excluding hydrogens is 320 g/mol. The van der Waals surface area contributed by atoms with E-state index in [1.54, 1.807) is 6.20 Å². The molecule has 0 spiro atoms. The summed E-state index contributed by atoms with van der Waals surface area (Å²) < 4.78 is 8.42. The highest BCUT2D eigenvalue weighted by atomic mass is 16.5. The molecule has 3 nitrogen and oxygen atoms in total. The third kappa shape index (κ3) is 4.42. The SMILES string of the molecule is CC(C)(C)/C(OCCc1ccccc1)=C(/c1ccccc1)n1ccnc1. The molecule has 1 aromatic heterocycles. The Kier molecular flexibility index (Phi) is 5.57. The molecule has 0 saturated carbocycles. The van der Waals surface area contributed by atoms with Gasteiger partial charge in [0, 0.05) is 29.8 Å². The van der Waals surface area contributed by atoms with Gasteiger partial charge in [-0.2, -0.15) is 0 Å². The Hall–Kier alpha value is -2.81. The largest absolute Gasteiger partial charge is 0.495 e. The molecule has 26 heavy (non-hydrogen) atoms. The summed E-state index contributed by atoms with van der Waals surface area (Å²) in [4.78, 5) is 4.23. The highest BCUT2D eigenvalue weighted by Crippen LogP contribution is 2.34. The van der Waals surface area contributed by atoms with Crippen LogP contribution in [0.2, 0.25) is 0 Å². The predicted octanol–water partition coefficient (Wildman–Crippen LogP) is 5.41. The highest BCUT2D eigenvalue weighted by Gasteiger charge is 2.25. The zero-order valence-corrected chi connectivity index (χ0v) is 15.7. The van der Waals surface area contributed by atoms with Gasteiger partial charge in [-0.05, 0) is 5.56 Å². The molecule has 0 radical (unpaired) electrons. The van der Waals surface area contributed by atoms with Gasteiger partial charge in [-0.3, -0.25) is 0 Å². The Morgan fingerprint density at radius 3 is 2.19 bits per heavy atom. The standard InChI is InChI=1S/C23H26N2O/c1-23(2,3)22(26-17-14-19-10-6-4-7-11-19)21(25-16-15-24-18-25)20-12-8-5-9-13-20/h4-13,15-16,18H,14,17H2,1-3H3/b22-21+. The van der Waals surface area contributed by atoms with E-state index in [-0.39, 0.29) is 5.41 Å². The van der Waals surface area contributed by atoms with E-state index in [1.807, 2.05) is 29.2 Å². The second-order valence-corrected chi connectivity index (χ2v) is 7.35. The molecule has 0 aliphatic carbocycles. The summed E-state index contributed by atoms with van der Waals surface area (Å²) >= 11 is 0. The van der Waals surface area contributed by atoms with Crippen molar-refractivity contribution in [1.82, 2.24) is 9.55 Å². The van der Waals surface area contributed by atoms with Crippen molar-refractivity contribution < 1.29 is 4.74 Å². The summed E-state index contributed by atoms with van der Waals surface area (Å²) in [5.74, 6) is 0.970. The zero-order valence-electron chi connectivity index (χ0n) is 15.7. The lowest BCUT2D eigenvalue weighted by Crippen LogP contribution is -2.18. The van der Waals surface area contributed by atoms with Gasteiger partial charge >= 0.3 is 0 Å². The maximum atomic E-state index is 6.38. The first kappa shape index (κ1) is 18.0. The van der Waals surface area contributed by atoms with Crippen LogP contribution in [0.1, 0.15) is 31.9 Å².